The molecule has 0 fully saturated rings. The number of methoxy groups -OCH3 is 1. The van der Waals surface area contributed by atoms with Gasteiger partial charge < -0.3 is 14.8 Å². The Morgan fingerprint density at radius 1 is 0.966 bits per heavy atom. The quantitative estimate of drug-likeness (QED) is 0.456. The average molecular weight is 414 g/mol. The van der Waals surface area contributed by atoms with E-state index < -0.39 is 0 Å². The molecule has 0 radical (unpaired) electrons. The van der Waals surface area contributed by atoms with Crippen molar-refractivity contribution in [2.24, 2.45) is 0 Å². The minimum Gasteiger partial charge on any atom is -0.493 e. The third-order valence-electron chi connectivity index (χ3n) is 4.65. The van der Waals surface area contributed by atoms with E-state index in [2.05, 4.69) is 24.4 Å². The minimum atomic E-state index is -0.177. The maximum atomic E-state index is 13.7. The molecule has 0 saturated carbocycles. The fourth-order valence-corrected chi connectivity index (χ4v) is 3.32. The smallest absolute Gasteiger partial charge is 0.163 e. The first-order chi connectivity index (χ1) is 14.1. The van der Waals surface area contributed by atoms with Gasteiger partial charge in [-0.15, -0.1) is 0 Å². The highest BCUT2D eigenvalue weighted by Gasteiger charge is 2.11. The Morgan fingerprint density at radius 2 is 1.79 bits per heavy atom. The lowest BCUT2D eigenvalue weighted by Crippen LogP contribution is -2.17. The third-order valence-corrected chi connectivity index (χ3v) is 5.01. The van der Waals surface area contributed by atoms with Crippen LogP contribution < -0.4 is 14.8 Å². The molecule has 1 N–H and O–H groups in total. The molecule has 0 atom stereocenters. The summed E-state index contributed by atoms with van der Waals surface area (Å²) in [6.45, 7) is 3.69. The maximum absolute atomic E-state index is 13.7. The molecule has 3 aromatic rings. The number of nitrogens with one attached hydrogen (secondary N) is 1. The Hall–Kier alpha value is -2.56. The monoisotopic (exact) mass is 413 g/mol. The Balaban J connectivity index is 1.59. The molecule has 0 aliphatic carbocycles. The molecule has 0 aromatic heterocycles. The van der Waals surface area contributed by atoms with Crippen LogP contribution in [-0.2, 0) is 19.6 Å². The summed E-state index contributed by atoms with van der Waals surface area (Å²) in [5.41, 5.74) is 3.87. The van der Waals surface area contributed by atoms with Crippen molar-refractivity contribution in [2.75, 3.05) is 13.7 Å². The van der Waals surface area contributed by atoms with Crippen LogP contribution >= 0.6 is 11.6 Å². The minimum absolute atomic E-state index is 0.177. The zero-order valence-electron chi connectivity index (χ0n) is 16.7. The van der Waals surface area contributed by atoms with Crippen LogP contribution in [0, 0.1) is 12.7 Å². The van der Waals surface area contributed by atoms with E-state index in [1.807, 2.05) is 24.3 Å². The van der Waals surface area contributed by atoms with Gasteiger partial charge in [-0.05, 0) is 48.7 Å². The van der Waals surface area contributed by atoms with E-state index >= 15 is 0 Å². The second-order valence-electron chi connectivity index (χ2n) is 6.89. The van der Waals surface area contributed by atoms with Crippen LogP contribution in [0.4, 0.5) is 4.39 Å². The SMILES string of the molecule is COc1cc(CNCCc2ccccc2F)c(Cl)cc1OCc1cccc(C)c1. The van der Waals surface area contributed by atoms with Gasteiger partial charge in [0.15, 0.2) is 11.5 Å². The van der Waals surface area contributed by atoms with Crippen molar-refractivity contribution in [1.29, 1.82) is 0 Å². The van der Waals surface area contributed by atoms with Crippen LogP contribution in [0.1, 0.15) is 22.3 Å². The highest BCUT2D eigenvalue weighted by molar-refractivity contribution is 6.31. The maximum Gasteiger partial charge on any atom is 0.163 e. The van der Waals surface area contributed by atoms with E-state index in [0.29, 0.717) is 48.2 Å². The van der Waals surface area contributed by atoms with Gasteiger partial charge in [-0.3, -0.25) is 0 Å². The van der Waals surface area contributed by atoms with E-state index in [1.54, 1.807) is 25.3 Å². The lowest BCUT2D eigenvalue weighted by atomic mass is 10.1. The normalized spacial score (nSPS) is 10.8. The lowest BCUT2D eigenvalue weighted by Gasteiger charge is -2.14. The molecule has 0 bridgehead atoms. The summed E-state index contributed by atoms with van der Waals surface area (Å²) in [5.74, 6) is 1.06. The number of hydrogen-bond donors (Lipinski definition) is 1. The predicted octanol–water partition coefficient (Wildman–Crippen LogP) is 5.71. The molecule has 0 aliphatic heterocycles. The largest absolute Gasteiger partial charge is 0.493 e. The first-order valence-electron chi connectivity index (χ1n) is 9.55. The van der Waals surface area contributed by atoms with Gasteiger partial charge in [0.1, 0.15) is 12.4 Å². The fourth-order valence-electron chi connectivity index (χ4n) is 3.10. The molecule has 0 heterocycles. The molecular formula is C24H25ClFNO2. The highest BCUT2D eigenvalue weighted by Crippen LogP contribution is 2.34. The summed E-state index contributed by atoms with van der Waals surface area (Å²) >= 11 is 6.45. The Morgan fingerprint density at radius 3 is 2.55 bits per heavy atom. The number of halogens is 2. The molecule has 0 spiro atoms. The summed E-state index contributed by atoms with van der Waals surface area (Å²) in [4.78, 5) is 0. The van der Waals surface area contributed by atoms with E-state index in [9.17, 15) is 4.39 Å². The van der Waals surface area contributed by atoms with E-state index in [0.717, 1.165) is 11.1 Å². The van der Waals surface area contributed by atoms with Crippen molar-refractivity contribution >= 4 is 11.6 Å². The van der Waals surface area contributed by atoms with E-state index in [-0.39, 0.29) is 5.82 Å². The van der Waals surface area contributed by atoms with Crippen LogP contribution in [0.5, 0.6) is 11.5 Å². The molecule has 3 rings (SSSR count). The van der Waals surface area contributed by atoms with Crippen molar-refractivity contribution in [2.45, 2.75) is 26.5 Å². The van der Waals surface area contributed by atoms with Gasteiger partial charge in [0.25, 0.3) is 0 Å². The molecule has 0 unspecified atom stereocenters. The summed E-state index contributed by atoms with van der Waals surface area (Å²) < 4.78 is 25.1. The number of hydrogen-bond acceptors (Lipinski definition) is 3. The fraction of sp³-hybridized carbons (Fsp3) is 0.250. The molecule has 0 amide bonds. The van der Waals surface area contributed by atoms with Crippen LogP contribution in [-0.4, -0.2) is 13.7 Å². The summed E-state index contributed by atoms with van der Waals surface area (Å²) in [6, 6.07) is 18.6. The molecule has 3 nitrogen and oxygen atoms in total. The van der Waals surface area contributed by atoms with Gasteiger partial charge in [-0.25, -0.2) is 4.39 Å². The summed E-state index contributed by atoms with van der Waals surface area (Å²) in [5, 5.41) is 3.91. The van der Waals surface area contributed by atoms with Gasteiger partial charge in [0.2, 0.25) is 0 Å². The zero-order valence-corrected chi connectivity index (χ0v) is 17.4. The molecule has 29 heavy (non-hydrogen) atoms. The molecule has 0 saturated heterocycles. The van der Waals surface area contributed by atoms with Gasteiger partial charge >= 0.3 is 0 Å². The predicted molar refractivity (Wildman–Crippen MR) is 115 cm³/mol. The van der Waals surface area contributed by atoms with Crippen LogP contribution in [0.3, 0.4) is 0 Å². The summed E-state index contributed by atoms with van der Waals surface area (Å²) in [7, 11) is 1.61. The van der Waals surface area contributed by atoms with Crippen molar-refractivity contribution in [1.82, 2.24) is 5.32 Å². The van der Waals surface area contributed by atoms with Gasteiger partial charge in [0.05, 0.1) is 7.11 Å². The number of benzene rings is 3. The van der Waals surface area contributed by atoms with Gasteiger partial charge in [-0.1, -0.05) is 59.6 Å². The molecular weight excluding hydrogens is 389 g/mol. The van der Waals surface area contributed by atoms with Crippen LogP contribution in [0.15, 0.2) is 60.7 Å². The van der Waals surface area contributed by atoms with Crippen LogP contribution in [0.2, 0.25) is 5.02 Å². The topological polar surface area (TPSA) is 30.5 Å². The second kappa shape index (κ2) is 10.3. The van der Waals surface area contributed by atoms with E-state index in [1.165, 1.54) is 11.6 Å². The highest BCUT2D eigenvalue weighted by atomic mass is 35.5. The van der Waals surface area contributed by atoms with Gasteiger partial charge in [0, 0.05) is 17.6 Å². The van der Waals surface area contributed by atoms with Crippen molar-refractivity contribution in [3.05, 3.63) is 93.8 Å². The van der Waals surface area contributed by atoms with Crippen molar-refractivity contribution in [3.63, 3.8) is 0 Å². The number of ether oxygens (including phenoxy) is 2. The van der Waals surface area contributed by atoms with Gasteiger partial charge in [-0.2, -0.15) is 0 Å². The Kier molecular flexibility index (Phi) is 7.50. The van der Waals surface area contributed by atoms with Crippen molar-refractivity contribution in [3.8, 4) is 11.5 Å². The number of rotatable bonds is 9. The Bertz CT molecular complexity index is 961. The number of aryl methyl sites for hydroxylation is 1. The van der Waals surface area contributed by atoms with Crippen molar-refractivity contribution < 1.29 is 13.9 Å². The molecule has 152 valence electrons. The second-order valence-corrected chi connectivity index (χ2v) is 7.30. The molecule has 5 heteroatoms. The summed E-state index contributed by atoms with van der Waals surface area (Å²) in [6.07, 6.45) is 0.610. The standard InChI is InChI=1S/C24H25ClFNO2/c1-17-6-5-7-18(12-17)16-29-24-14-21(25)20(13-23(24)28-2)15-27-11-10-19-8-3-4-9-22(19)26/h3-9,12-14,27H,10-11,15-16H2,1-2H3. The van der Waals surface area contributed by atoms with Crippen LogP contribution in [0.25, 0.3) is 0 Å². The lowest BCUT2D eigenvalue weighted by molar-refractivity contribution is 0.284. The molecule has 0 aliphatic rings. The van der Waals surface area contributed by atoms with E-state index in [4.69, 9.17) is 21.1 Å². The Labute approximate surface area is 176 Å². The first kappa shape index (κ1) is 21.2. The zero-order chi connectivity index (χ0) is 20.6. The average Bonchev–Trinajstić information content (AvgIpc) is 2.72. The third kappa shape index (κ3) is 5.96. The molecule has 3 aromatic carbocycles. The first-order valence-corrected chi connectivity index (χ1v) is 9.93.